The average molecular weight is 394 g/mol. The summed E-state index contributed by atoms with van der Waals surface area (Å²) in [6.07, 6.45) is 1.55. The molecule has 1 fully saturated rings. The fourth-order valence-corrected chi connectivity index (χ4v) is 4.38. The van der Waals surface area contributed by atoms with Crippen LogP contribution in [0.4, 0.5) is 0 Å². The van der Waals surface area contributed by atoms with Gasteiger partial charge in [-0.25, -0.2) is 0 Å². The number of benzene rings is 2. The highest BCUT2D eigenvalue weighted by atomic mass is 16.5. The van der Waals surface area contributed by atoms with Crippen LogP contribution < -0.4 is 4.74 Å². The summed E-state index contributed by atoms with van der Waals surface area (Å²) < 4.78 is 5.41. The first-order valence-corrected chi connectivity index (χ1v) is 10.0. The van der Waals surface area contributed by atoms with Crippen molar-refractivity contribution in [2.75, 3.05) is 26.7 Å². The molecule has 0 radical (unpaired) electrons. The summed E-state index contributed by atoms with van der Waals surface area (Å²) >= 11 is 0. The van der Waals surface area contributed by atoms with Gasteiger partial charge in [0.15, 0.2) is 0 Å². The number of likely N-dealkylation sites (tertiary alicyclic amines) is 1. The first-order valence-electron chi connectivity index (χ1n) is 10.0. The number of carbonyl (C=O) groups is 2. The van der Waals surface area contributed by atoms with Crippen LogP contribution >= 0.6 is 0 Å². The number of carbonyl (C=O) groups excluding carboxylic acids is 2. The van der Waals surface area contributed by atoms with Crippen molar-refractivity contribution >= 4 is 11.8 Å². The molecule has 0 aliphatic carbocycles. The molecule has 0 bridgehead atoms. The minimum absolute atomic E-state index is 0.0161. The predicted molar refractivity (Wildman–Crippen MR) is 109 cm³/mol. The number of piperidine rings is 1. The highest BCUT2D eigenvalue weighted by Gasteiger charge is 2.38. The molecule has 2 heterocycles. The van der Waals surface area contributed by atoms with Gasteiger partial charge in [0.2, 0.25) is 5.91 Å². The number of β-amino-alcohol motifs (C(OH)–C–C–N with tert-alkyl or cyclic N) is 1. The van der Waals surface area contributed by atoms with E-state index in [0.29, 0.717) is 43.8 Å². The molecule has 1 saturated heterocycles. The standard InChI is InChI=1S/C23H26N2O4/c1-29-20-10-5-4-9-19(20)23(28)12-6-13-25(16-23)21(26)11-14-24-15-17-7-2-3-8-18(17)22(24)27/h2-5,7-10,28H,6,11-16H2,1H3/t23-/m0/s1. The van der Waals surface area contributed by atoms with Crippen LogP contribution in [0.1, 0.15) is 40.7 Å². The molecule has 29 heavy (non-hydrogen) atoms. The second-order valence-corrected chi connectivity index (χ2v) is 7.78. The number of methoxy groups -OCH3 is 1. The first kappa shape index (κ1) is 19.5. The number of para-hydroxylation sites is 1. The van der Waals surface area contributed by atoms with Gasteiger partial charge in [-0.1, -0.05) is 36.4 Å². The van der Waals surface area contributed by atoms with Crippen LogP contribution in [0.15, 0.2) is 48.5 Å². The van der Waals surface area contributed by atoms with Crippen molar-refractivity contribution in [3.63, 3.8) is 0 Å². The topological polar surface area (TPSA) is 70.1 Å². The number of hydrogen-bond donors (Lipinski definition) is 1. The summed E-state index contributed by atoms with van der Waals surface area (Å²) in [6.45, 7) is 1.79. The zero-order valence-corrected chi connectivity index (χ0v) is 16.6. The van der Waals surface area contributed by atoms with E-state index in [0.717, 1.165) is 11.1 Å². The van der Waals surface area contributed by atoms with Gasteiger partial charge in [-0.2, -0.15) is 0 Å². The van der Waals surface area contributed by atoms with Crippen LogP contribution in [0.3, 0.4) is 0 Å². The van der Waals surface area contributed by atoms with Gasteiger partial charge in [0.05, 0.1) is 13.7 Å². The Hall–Kier alpha value is -2.86. The van der Waals surface area contributed by atoms with E-state index >= 15 is 0 Å². The Morgan fingerprint density at radius 2 is 1.93 bits per heavy atom. The quantitative estimate of drug-likeness (QED) is 0.846. The van der Waals surface area contributed by atoms with E-state index < -0.39 is 5.60 Å². The summed E-state index contributed by atoms with van der Waals surface area (Å²) in [6, 6.07) is 15.0. The number of amides is 2. The van der Waals surface area contributed by atoms with Crippen molar-refractivity contribution in [3.8, 4) is 5.75 Å². The summed E-state index contributed by atoms with van der Waals surface area (Å²) in [7, 11) is 1.58. The molecule has 2 aromatic carbocycles. The third-order valence-electron chi connectivity index (χ3n) is 5.92. The third kappa shape index (κ3) is 3.72. The Balaban J connectivity index is 1.40. The van der Waals surface area contributed by atoms with Crippen LogP contribution in [-0.2, 0) is 16.9 Å². The fraction of sp³-hybridized carbons (Fsp3) is 0.391. The SMILES string of the molecule is COc1ccccc1[C@]1(O)CCCN(C(=O)CCN2Cc3ccccc3C2=O)C1. The molecule has 6 heteroatoms. The summed E-state index contributed by atoms with van der Waals surface area (Å²) in [5.41, 5.74) is 1.32. The van der Waals surface area contributed by atoms with Gasteiger partial charge in [0, 0.05) is 37.2 Å². The van der Waals surface area contributed by atoms with Gasteiger partial charge in [0.25, 0.3) is 5.91 Å². The number of fused-ring (bicyclic) bond motifs is 1. The Morgan fingerprint density at radius 1 is 1.17 bits per heavy atom. The second-order valence-electron chi connectivity index (χ2n) is 7.78. The molecule has 2 aliphatic heterocycles. The molecule has 0 unspecified atom stereocenters. The molecule has 0 saturated carbocycles. The lowest BCUT2D eigenvalue weighted by Gasteiger charge is -2.40. The molecule has 1 atom stereocenters. The largest absolute Gasteiger partial charge is 0.496 e. The van der Waals surface area contributed by atoms with Crippen molar-refractivity contribution in [1.29, 1.82) is 0 Å². The van der Waals surface area contributed by atoms with Gasteiger partial charge in [-0.3, -0.25) is 9.59 Å². The van der Waals surface area contributed by atoms with Crippen molar-refractivity contribution in [2.45, 2.75) is 31.4 Å². The predicted octanol–water partition coefficient (Wildman–Crippen LogP) is 2.55. The Bertz CT molecular complexity index is 929. The second kappa shape index (κ2) is 7.87. The van der Waals surface area contributed by atoms with Gasteiger partial charge in [0.1, 0.15) is 11.4 Å². The lowest BCUT2D eigenvalue weighted by atomic mass is 9.85. The smallest absolute Gasteiger partial charge is 0.254 e. The molecule has 0 aromatic heterocycles. The summed E-state index contributed by atoms with van der Waals surface area (Å²) in [5, 5.41) is 11.3. The van der Waals surface area contributed by atoms with E-state index in [4.69, 9.17) is 4.74 Å². The highest BCUT2D eigenvalue weighted by Crippen LogP contribution is 2.37. The van der Waals surface area contributed by atoms with Crippen molar-refractivity contribution in [2.24, 2.45) is 0 Å². The van der Waals surface area contributed by atoms with E-state index in [1.54, 1.807) is 16.9 Å². The van der Waals surface area contributed by atoms with Crippen LogP contribution in [0.5, 0.6) is 5.75 Å². The summed E-state index contributed by atoms with van der Waals surface area (Å²) in [5.74, 6) is 0.573. The fourth-order valence-electron chi connectivity index (χ4n) is 4.38. The molecule has 2 aliphatic rings. The average Bonchev–Trinajstić information content (AvgIpc) is 3.08. The zero-order valence-electron chi connectivity index (χ0n) is 16.6. The number of ether oxygens (including phenoxy) is 1. The molecule has 152 valence electrons. The molecule has 6 nitrogen and oxygen atoms in total. The van der Waals surface area contributed by atoms with Crippen molar-refractivity contribution in [1.82, 2.24) is 9.80 Å². The van der Waals surface area contributed by atoms with E-state index in [2.05, 4.69) is 0 Å². The van der Waals surface area contributed by atoms with Crippen LogP contribution in [0, 0.1) is 0 Å². The maximum Gasteiger partial charge on any atom is 0.254 e. The van der Waals surface area contributed by atoms with Crippen LogP contribution in [0.2, 0.25) is 0 Å². The van der Waals surface area contributed by atoms with Gasteiger partial charge >= 0.3 is 0 Å². The van der Waals surface area contributed by atoms with Gasteiger partial charge in [-0.05, 0) is 30.5 Å². The lowest BCUT2D eigenvalue weighted by molar-refractivity contribution is -0.139. The Kier molecular flexibility index (Phi) is 5.28. The van der Waals surface area contributed by atoms with Crippen molar-refractivity contribution in [3.05, 3.63) is 65.2 Å². The Morgan fingerprint density at radius 3 is 2.72 bits per heavy atom. The molecule has 2 aromatic rings. The monoisotopic (exact) mass is 394 g/mol. The third-order valence-corrected chi connectivity index (χ3v) is 5.92. The van der Waals surface area contributed by atoms with Gasteiger partial charge < -0.3 is 19.6 Å². The zero-order chi connectivity index (χ0) is 20.4. The highest BCUT2D eigenvalue weighted by molar-refractivity contribution is 5.98. The normalized spacial score (nSPS) is 21.2. The minimum Gasteiger partial charge on any atom is -0.496 e. The minimum atomic E-state index is -1.12. The molecule has 4 rings (SSSR count). The van der Waals surface area contributed by atoms with E-state index in [9.17, 15) is 14.7 Å². The van der Waals surface area contributed by atoms with E-state index in [-0.39, 0.29) is 24.8 Å². The Labute approximate surface area is 170 Å². The van der Waals surface area contributed by atoms with Crippen LogP contribution in [-0.4, -0.2) is 53.5 Å². The molecule has 0 spiro atoms. The molecular formula is C23H26N2O4. The molecule has 1 N–H and O–H groups in total. The van der Waals surface area contributed by atoms with E-state index in [1.165, 1.54) is 0 Å². The first-order chi connectivity index (χ1) is 14.0. The number of nitrogens with zero attached hydrogens (tertiary/aromatic N) is 2. The van der Waals surface area contributed by atoms with Crippen LogP contribution in [0.25, 0.3) is 0 Å². The lowest BCUT2D eigenvalue weighted by Crippen LogP contribution is -2.49. The number of aliphatic hydroxyl groups is 1. The van der Waals surface area contributed by atoms with E-state index in [1.807, 2.05) is 48.5 Å². The molecule has 2 amide bonds. The number of rotatable bonds is 5. The summed E-state index contributed by atoms with van der Waals surface area (Å²) in [4.78, 5) is 28.8. The molecular weight excluding hydrogens is 368 g/mol. The number of hydrogen-bond acceptors (Lipinski definition) is 4. The maximum absolute atomic E-state index is 12.9. The van der Waals surface area contributed by atoms with Crippen molar-refractivity contribution < 1.29 is 19.4 Å². The maximum atomic E-state index is 12.9. The van der Waals surface area contributed by atoms with Gasteiger partial charge in [-0.15, -0.1) is 0 Å².